The maximum atomic E-state index is 11.4. The van der Waals surface area contributed by atoms with Gasteiger partial charge in [-0.05, 0) is 44.0 Å². The van der Waals surface area contributed by atoms with Gasteiger partial charge in [0, 0.05) is 10.0 Å². The number of ketones is 1. The maximum Gasteiger partial charge on any atom is 0.174 e. The summed E-state index contributed by atoms with van der Waals surface area (Å²) in [4.78, 5) is 11.4. The molecule has 1 rings (SSSR count). The van der Waals surface area contributed by atoms with E-state index in [-0.39, 0.29) is 5.78 Å². The van der Waals surface area contributed by atoms with Gasteiger partial charge in [0.2, 0.25) is 0 Å². The fraction of sp³-hybridized carbons (Fsp3) is 0.125. The number of rotatable bonds is 2. The van der Waals surface area contributed by atoms with Gasteiger partial charge in [0.05, 0.1) is 14.8 Å². The molecule has 0 aliphatic heterocycles. The Labute approximate surface area is 106 Å². The quantitative estimate of drug-likeness (QED) is 0.414. The molecule has 0 aliphatic rings. The Kier molecular flexibility index (Phi) is 4.42. The SMILES string of the molecule is O=C(CBr)c1ccc(Cl)c(Br)c1Br. The van der Waals surface area contributed by atoms with E-state index in [9.17, 15) is 4.79 Å². The van der Waals surface area contributed by atoms with Crippen molar-refractivity contribution in [3.8, 4) is 0 Å². The predicted molar refractivity (Wildman–Crippen MR) is 65.0 cm³/mol. The number of benzene rings is 1. The first-order chi connectivity index (χ1) is 6.07. The second-order valence-corrected chi connectivity index (χ2v) is 4.83. The van der Waals surface area contributed by atoms with Crippen LogP contribution in [0, 0.1) is 0 Å². The van der Waals surface area contributed by atoms with Crippen molar-refractivity contribution in [1.29, 1.82) is 0 Å². The van der Waals surface area contributed by atoms with Gasteiger partial charge in [-0.3, -0.25) is 4.79 Å². The zero-order valence-corrected chi connectivity index (χ0v) is 11.8. The first-order valence-corrected chi connectivity index (χ1v) is 6.39. The summed E-state index contributed by atoms with van der Waals surface area (Å²) in [5.74, 6) is 0.0178. The highest BCUT2D eigenvalue weighted by Crippen LogP contribution is 2.33. The van der Waals surface area contributed by atoms with Crippen LogP contribution in [0.1, 0.15) is 10.4 Å². The summed E-state index contributed by atoms with van der Waals surface area (Å²) in [6.45, 7) is 0. The van der Waals surface area contributed by atoms with Crippen molar-refractivity contribution in [3.05, 3.63) is 31.7 Å². The van der Waals surface area contributed by atoms with Gasteiger partial charge in [-0.25, -0.2) is 0 Å². The van der Waals surface area contributed by atoms with Gasteiger partial charge in [-0.2, -0.15) is 0 Å². The number of alkyl halides is 1. The smallest absolute Gasteiger partial charge is 0.174 e. The van der Waals surface area contributed by atoms with E-state index in [1.54, 1.807) is 12.1 Å². The van der Waals surface area contributed by atoms with Crippen LogP contribution in [0.25, 0.3) is 0 Å². The van der Waals surface area contributed by atoms with Crippen molar-refractivity contribution in [1.82, 2.24) is 0 Å². The molecule has 1 aromatic rings. The molecule has 0 aliphatic carbocycles. The minimum atomic E-state index is 0.0178. The molecule has 0 atom stereocenters. The molecule has 13 heavy (non-hydrogen) atoms. The average molecular weight is 391 g/mol. The van der Waals surface area contributed by atoms with Crippen LogP contribution in [0.15, 0.2) is 21.1 Å². The Hall–Kier alpha value is 0.620. The Balaban J connectivity index is 3.26. The van der Waals surface area contributed by atoms with Gasteiger partial charge in [-0.15, -0.1) is 0 Å². The van der Waals surface area contributed by atoms with E-state index in [1.165, 1.54) is 0 Å². The molecule has 1 aromatic carbocycles. The third kappa shape index (κ3) is 2.55. The second kappa shape index (κ2) is 4.91. The minimum absolute atomic E-state index is 0.0178. The number of carbonyl (C=O) groups excluding carboxylic acids is 1. The maximum absolute atomic E-state index is 11.4. The molecule has 0 saturated heterocycles. The van der Waals surface area contributed by atoms with Crippen LogP contribution in [0.4, 0.5) is 0 Å². The topological polar surface area (TPSA) is 17.1 Å². The lowest BCUT2D eigenvalue weighted by Crippen LogP contribution is -2.01. The van der Waals surface area contributed by atoms with Crippen LogP contribution >= 0.6 is 59.4 Å². The molecule has 70 valence electrons. The summed E-state index contributed by atoms with van der Waals surface area (Å²) in [6.07, 6.45) is 0. The number of carbonyl (C=O) groups is 1. The standard InChI is InChI=1S/C8H4Br3ClO/c9-3-6(13)4-1-2-5(12)8(11)7(4)10/h1-2H,3H2. The first-order valence-electron chi connectivity index (χ1n) is 3.30. The molecule has 0 saturated carbocycles. The summed E-state index contributed by atoms with van der Waals surface area (Å²) in [5.41, 5.74) is 0.619. The van der Waals surface area contributed by atoms with E-state index in [1.807, 2.05) is 0 Å². The predicted octanol–water partition coefficient (Wildman–Crippen LogP) is 4.44. The third-order valence-electron chi connectivity index (χ3n) is 1.46. The molecule has 0 aromatic heterocycles. The lowest BCUT2D eigenvalue weighted by Gasteiger charge is -2.04. The molecule has 0 amide bonds. The van der Waals surface area contributed by atoms with E-state index >= 15 is 0 Å². The van der Waals surface area contributed by atoms with Crippen LogP contribution < -0.4 is 0 Å². The lowest BCUT2D eigenvalue weighted by atomic mass is 10.1. The molecular weight excluding hydrogens is 387 g/mol. The Bertz CT molecular complexity index is 351. The van der Waals surface area contributed by atoms with Crippen molar-refractivity contribution >= 4 is 65.2 Å². The molecule has 1 nitrogen and oxygen atoms in total. The number of halogens is 4. The van der Waals surface area contributed by atoms with E-state index in [4.69, 9.17) is 11.6 Å². The Morgan fingerprint density at radius 2 is 1.92 bits per heavy atom. The summed E-state index contributed by atoms with van der Waals surface area (Å²) < 4.78 is 1.41. The van der Waals surface area contributed by atoms with Crippen LogP contribution in [-0.2, 0) is 0 Å². The van der Waals surface area contributed by atoms with Gasteiger partial charge >= 0.3 is 0 Å². The summed E-state index contributed by atoms with van der Waals surface area (Å²) >= 11 is 15.5. The molecule has 0 fully saturated rings. The zero-order valence-electron chi connectivity index (χ0n) is 6.28. The van der Waals surface area contributed by atoms with Crippen molar-refractivity contribution in [2.24, 2.45) is 0 Å². The monoisotopic (exact) mass is 388 g/mol. The van der Waals surface area contributed by atoms with Gasteiger partial charge < -0.3 is 0 Å². The highest BCUT2D eigenvalue weighted by atomic mass is 79.9. The molecular formula is C8H4Br3ClO. The van der Waals surface area contributed by atoms with Gasteiger partial charge in [0.15, 0.2) is 5.78 Å². The number of Topliss-reactive ketones (excluding diaryl/α,β-unsaturated/α-hetero) is 1. The van der Waals surface area contributed by atoms with E-state index in [0.29, 0.717) is 24.9 Å². The molecule has 0 radical (unpaired) electrons. The van der Waals surface area contributed by atoms with Crippen molar-refractivity contribution in [2.75, 3.05) is 5.33 Å². The van der Waals surface area contributed by atoms with E-state index < -0.39 is 0 Å². The van der Waals surface area contributed by atoms with Gasteiger partial charge in [0.1, 0.15) is 0 Å². The molecule has 0 unspecified atom stereocenters. The highest BCUT2D eigenvalue weighted by molar-refractivity contribution is 9.13. The molecule has 5 heteroatoms. The Morgan fingerprint density at radius 1 is 1.31 bits per heavy atom. The Morgan fingerprint density at radius 3 is 2.46 bits per heavy atom. The number of hydrogen-bond acceptors (Lipinski definition) is 1. The van der Waals surface area contributed by atoms with Crippen LogP contribution in [-0.4, -0.2) is 11.1 Å². The van der Waals surface area contributed by atoms with Crippen molar-refractivity contribution in [2.45, 2.75) is 0 Å². The largest absolute Gasteiger partial charge is 0.293 e. The third-order valence-corrected chi connectivity index (χ3v) is 4.69. The van der Waals surface area contributed by atoms with Crippen LogP contribution in [0.3, 0.4) is 0 Å². The summed E-state index contributed by atoms with van der Waals surface area (Å²) in [6, 6.07) is 3.38. The fourth-order valence-electron chi connectivity index (χ4n) is 0.813. The van der Waals surface area contributed by atoms with Gasteiger partial charge in [0.25, 0.3) is 0 Å². The molecule has 0 bridgehead atoms. The fourth-order valence-corrected chi connectivity index (χ4v) is 2.30. The van der Waals surface area contributed by atoms with Crippen molar-refractivity contribution < 1.29 is 4.79 Å². The first kappa shape index (κ1) is 11.7. The summed E-state index contributed by atoms with van der Waals surface area (Å²) in [5, 5.41) is 0.887. The van der Waals surface area contributed by atoms with Crippen LogP contribution in [0.5, 0.6) is 0 Å². The zero-order chi connectivity index (χ0) is 10.0. The van der Waals surface area contributed by atoms with E-state index in [2.05, 4.69) is 47.8 Å². The van der Waals surface area contributed by atoms with E-state index in [0.717, 1.165) is 0 Å². The molecule has 0 N–H and O–H groups in total. The molecule has 0 heterocycles. The van der Waals surface area contributed by atoms with Crippen LogP contribution in [0.2, 0.25) is 5.02 Å². The average Bonchev–Trinajstić information content (AvgIpc) is 2.13. The van der Waals surface area contributed by atoms with Gasteiger partial charge in [-0.1, -0.05) is 27.5 Å². The highest BCUT2D eigenvalue weighted by Gasteiger charge is 2.12. The lowest BCUT2D eigenvalue weighted by molar-refractivity contribution is 0.102. The minimum Gasteiger partial charge on any atom is -0.293 e. The second-order valence-electron chi connectivity index (χ2n) is 2.28. The number of hydrogen-bond donors (Lipinski definition) is 0. The normalized spacial score (nSPS) is 10.2. The summed E-state index contributed by atoms with van der Waals surface area (Å²) in [7, 11) is 0. The van der Waals surface area contributed by atoms with Crippen molar-refractivity contribution in [3.63, 3.8) is 0 Å². The molecule has 0 spiro atoms.